The quantitative estimate of drug-likeness (QED) is 0.314. The lowest BCUT2D eigenvalue weighted by Gasteiger charge is -2.19. The summed E-state index contributed by atoms with van der Waals surface area (Å²) in [7, 11) is 1.82. The fraction of sp³-hybridized carbons (Fsp3) is 0.125. The summed E-state index contributed by atoms with van der Waals surface area (Å²) in [5.74, 6) is 0. The number of hydrogen-bond acceptors (Lipinski definition) is 1. The molecule has 0 N–H and O–H groups in total. The highest BCUT2D eigenvalue weighted by Gasteiger charge is 2.36. The number of benzene rings is 4. The Bertz CT molecular complexity index is 1200. The van der Waals surface area contributed by atoms with Crippen LogP contribution in [0.3, 0.4) is 0 Å². The first-order valence-corrected chi connectivity index (χ1v) is 11.4. The summed E-state index contributed by atoms with van der Waals surface area (Å²) in [6, 6.07) is 39.1. The van der Waals surface area contributed by atoms with Crippen molar-refractivity contribution in [1.29, 1.82) is 0 Å². The molecule has 0 atom stereocenters. The Morgan fingerprint density at radius 2 is 0.818 bits per heavy atom. The molecule has 0 aliphatic heterocycles. The molecule has 0 heterocycles. The Morgan fingerprint density at radius 3 is 1.15 bits per heavy atom. The van der Waals surface area contributed by atoms with E-state index in [0.29, 0.717) is 0 Å². The van der Waals surface area contributed by atoms with Crippen LogP contribution in [0.2, 0.25) is 0 Å². The van der Waals surface area contributed by atoms with Crippen molar-refractivity contribution in [3.8, 4) is 0 Å². The van der Waals surface area contributed by atoms with E-state index in [4.69, 9.17) is 4.74 Å². The first-order valence-electron chi connectivity index (χ1n) is 11.4. The van der Waals surface area contributed by atoms with Crippen molar-refractivity contribution in [2.45, 2.75) is 20.0 Å². The van der Waals surface area contributed by atoms with E-state index in [1.165, 1.54) is 55.7 Å². The Kier molecular flexibility index (Phi) is 5.81. The lowest BCUT2D eigenvalue weighted by Crippen LogP contribution is -2.13. The fourth-order valence-corrected chi connectivity index (χ4v) is 4.78. The van der Waals surface area contributed by atoms with Gasteiger partial charge in [-0.15, -0.1) is 0 Å². The Labute approximate surface area is 196 Å². The summed E-state index contributed by atoms with van der Waals surface area (Å²) in [5, 5.41) is 0. The van der Waals surface area contributed by atoms with Gasteiger partial charge in [-0.1, -0.05) is 120 Å². The normalized spacial score (nSPS) is 14.3. The maximum atomic E-state index is 6.28. The maximum Gasteiger partial charge on any atom is 0.110 e. The molecule has 0 bridgehead atoms. The zero-order valence-corrected chi connectivity index (χ0v) is 19.4. The van der Waals surface area contributed by atoms with Crippen LogP contribution in [0.1, 0.15) is 33.4 Å². The number of hydrogen-bond donors (Lipinski definition) is 0. The first-order chi connectivity index (χ1) is 16.2. The summed E-state index contributed by atoms with van der Waals surface area (Å²) >= 11 is 0. The molecule has 33 heavy (non-hydrogen) atoms. The van der Waals surface area contributed by atoms with Crippen LogP contribution in [0.4, 0.5) is 0 Å². The van der Waals surface area contributed by atoms with Gasteiger partial charge in [0.05, 0.1) is 0 Å². The van der Waals surface area contributed by atoms with Gasteiger partial charge in [-0.2, -0.15) is 0 Å². The van der Waals surface area contributed by atoms with Gasteiger partial charge in [0, 0.05) is 18.3 Å². The molecule has 0 unspecified atom stereocenters. The third-order valence-corrected chi connectivity index (χ3v) is 6.40. The van der Waals surface area contributed by atoms with Gasteiger partial charge in [0.25, 0.3) is 0 Å². The van der Waals surface area contributed by atoms with E-state index < -0.39 is 0 Å². The van der Waals surface area contributed by atoms with Crippen molar-refractivity contribution in [2.24, 2.45) is 0 Å². The molecule has 0 saturated carbocycles. The maximum absolute atomic E-state index is 6.28. The molecule has 0 fully saturated rings. The van der Waals surface area contributed by atoms with Gasteiger partial charge in [0.15, 0.2) is 0 Å². The summed E-state index contributed by atoms with van der Waals surface area (Å²) in [6.45, 7) is 4.27. The van der Waals surface area contributed by atoms with Crippen molar-refractivity contribution in [1.82, 2.24) is 0 Å². The Balaban J connectivity index is 1.88. The van der Waals surface area contributed by atoms with Crippen molar-refractivity contribution in [3.05, 3.63) is 143 Å². The second-order valence-corrected chi connectivity index (χ2v) is 8.66. The molecule has 0 spiro atoms. The molecule has 4 aromatic rings. The number of allylic oxidation sites excluding steroid dienone is 2. The average molecular weight is 429 g/mol. The van der Waals surface area contributed by atoms with Crippen molar-refractivity contribution >= 4 is 22.3 Å². The second kappa shape index (κ2) is 9.05. The monoisotopic (exact) mass is 428 g/mol. The van der Waals surface area contributed by atoms with Gasteiger partial charge in [-0.25, -0.2) is 0 Å². The minimum absolute atomic E-state index is 0.164. The average Bonchev–Trinajstić information content (AvgIpc) is 3.21. The largest absolute Gasteiger partial charge is 0.372 e. The van der Waals surface area contributed by atoms with E-state index in [-0.39, 0.29) is 6.10 Å². The molecule has 1 heteroatoms. The second-order valence-electron chi connectivity index (χ2n) is 8.66. The SMILES string of the molecule is COC1C(c2ccccc2)=C(c2ccc(C)cc2)C(c2ccc(C)cc2)=C1c1ccccc1. The molecule has 4 aromatic carbocycles. The number of aryl methyl sites for hydroxylation is 2. The topological polar surface area (TPSA) is 9.23 Å². The van der Waals surface area contributed by atoms with Gasteiger partial charge < -0.3 is 4.74 Å². The summed E-state index contributed by atoms with van der Waals surface area (Å²) in [4.78, 5) is 0. The van der Waals surface area contributed by atoms with Crippen LogP contribution < -0.4 is 0 Å². The van der Waals surface area contributed by atoms with E-state index in [1.54, 1.807) is 0 Å². The lowest BCUT2D eigenvalue weighted by atomic mass is 9.88. The van der Waals surface area contributed by atoms with Crippen LogP contribution in [0.25, 0.3) is 22.3 Å². The molecule has 0 saturated heterocycles. The number of methoxy groups -OCH3 is 1. The summed E-state index contributed by atoms with van der Waals surface area (Å²) in [5.41, 5.74) is 12.2. The molecule has 1 nitrogen and oxygen atoms in total. The molecular formula is C32H28O. The van der Waals surface area contributed by atoms with Crippen LogP contribution in [-0.2, 0) is 4.74 Å². The predicted octanol–water partition coefficient (Wildman–Crippen LogP) is 7.85. The summed E-state index contributed by atoms with van der Waals surface area (Å²) in [6.07, 6.45) is -0.164. The van der Waals surface area contributed by atoms with E-state index in [2.05, 4.69) is 123 Å². The highest BCUT2D eigenvalue weighted by Crippen LogP contribution is 2.52. The number of ether oxygens (including phenoxy) is 1. The molecular weight excluding hydrogens is 400 g/mol. The molecule has 1 aliphatic rings. The van der Waals surface area contributed by atoms with E-state index >= 15 is 0 Å². The summed E-state index contributed by atoms with van der Waals surface area (Å²) < 4.78 is 6.28. The van der Waals surface area contributed by atoms with Gasteiger partial charge in [-0.3, -0.25) is 0 Å². The van der Waals surface area contributed by atoms with Crippen molar-refractivity contribution in [3.63, 3.8) is 0 Å². The van der Waals surface area contributed by atoms with Crippen LogP contribution in [0, 0.1) is 13.8 Å². The van der Waals surface area contributed by atoms with Crippen LogP contribution in [0.15, 0.2) is 109 Å². The zero-order chi connectivity index (χ0) is 22.8. The van der Waals surface area contributed by atoms with Crippen LogP contribution >= 0.6 is 0 Å². The molecule has 0 amide bonds. The van der Waals surface area contributed by atoms with E-state index in [0.717, 1.165) is 0 Å². The zero-order valence-electron chi connectivity index (χ0n) is 19.4. The predicted molar refractivity (Wildman–Crippen MR) is 140 cm³/mol. The van der Waals surface area contributed by atoms with Gasteiger partial charge in [-0.05, 0) is 47.2 Å². The third kappa shape index (κ3) is 3.97. The van der Waals surface area contributed by atoms with E-state index in [9.17, 15) is 0 Å². The Hall–Kier alpha value is -3.68. The van der Waals surface area contributed by atoms with Gasteiger partial charge in [0.2, 0.25) is 0 Å². The molecule has 162 valence electrons. The molecule has 5 rings (SSSR count). The van der Waals surface area contributed by atoms with Crippen LogP contribution in [-0.4, -0.2) is 13.2 Å². The minimum atomic E-state index is -0.164. The molecule has 0 radical (unpaired) electrons. The van der Waals surface area contributed by atoms with Crippen molar-refractivity contribution in [2.75, 3.05) is 7.11 Å². The van der Waals surface area contributed by atoms with Crippen molar-refractivity contribution < 1.29 is 4.74 Å². The number of rotatable bonds is 5. The van der Waals surface area contributed by atoms with Crippen LogP contribution in [0.5, 0.6) is 0 Å². The standard InChI is InChI=1S/C32H28O/c1-22-14-18-26(19-15-22)28-29(27-20-16-23(2)17-21-27)31(25-12-8-5-9-13-25)32(33-3)30(28)24-10-6-4-7-11-24/h4-21,32H,1-3H3. The smallest absolute Gasteiger partial charge is 0.110 e. The minimum Gasteiger partial charge on any atom is -0.372 e. The molecule has 1 aliphatic carbocycles. The highest BCUT2D eigenvalue weighted by atomic mass is 16.5. The Morgan fingerprint density at radius 1 is 0.455 bits per heavy atom. The third-order valence-electron chi connectivity index (χ3n) is 6.40. The fourth-order valence-electron chi connectivity index (χ4n) is 4.78. The van der Waals surface area contributed by atoms with E-state index in [1.807, 2.05) is 7.11 Å². The molecule has 0 aromatic heterocycles. The van der Waals surface area contributed by atoms with Gasteiger partial charge in [0.1, 0.15) is 6.10 Å². The highest BCUT2D eigenvalue weighted by molar-refractivity contribution is 6.29. The first kappa shape index (κ1) is 21.2. The lowest BCUT2D eigenvalue weighted by molar-refractivity contribution is 0.193. The van der Waals surface area contributed by atoms with Gasteiger partial charge >= 0.3 is 0 Å².